The molecule has 34 heavy (non-hydrogen) atoms. The number of aromatic amines is 1. The van der Waals surface area contributed by atoms with Crippen LogP contribution in [0.1, 0.15) is 22.3 Å². The third-order valence-corrected chi connectivity index (χ3v) is 6.72. The van der Waals surface area contributed by atoms with E-state index < -0.39 is 11.2 Å². The summed E-state index contributed by atoms with van der Waals surface area (Å²) >= 11 is 0. The fourth-order valence-electron chi connectivity index (χ4n) is 4.70. The number of benzene rings is 2. The van der Waals surface area contributed by atoms with Crippen LogP contribution in [0, 0.1) is 13.8 Å². The van der Waals surface area contributed by atoms with Crippen LogP contribution in [-0.4, -0.2) is 50.2 Å². The fraction of sp³-hybridized carbons (Fsp3) is 0.346. The quantitative estimate of drug-likeness (QED) is 0.497. The van der Waals surface area contributed by atoms with Crippen LogP contribution in [0.25, 0.3) is 11.2 Å². The maximum Gasteiger partial charge on any atom is 0.329 e. The number of imidazole rings is 1. The molecule has 8 nitrogen and oxygen atoms in total. The first-order chi connectivity index (χ1) is 16.4. The number of nitrogens with one attached hydrogen (secondary N) is 1. The Kier molecular flexibility index (Phi) is 5.83. The van der Waals surface area contributed by atoms with E-state index in [-0.39, 0.29) is 0 Å². The molecule has 5 rings (SSSR count). The zero-order valence-corrected chi connectivity index (χ0v) is 19.9. The lowest BCUT2D eigenvalue weighted by Gasteiger charge is -2.35. The zero-order valence-electron chi connectivity index (χ0n) is 19.9. The molecule has 176 valence electrons. The molecule has 0 saturated carbocycles. The van der Waals surface area contributed by atoms with Gasteiger partial charge in [0.2, 0.25) is 5.95 Å². The number of fused-ring (bicyclic) bond motifs is 1. The number of aromatic nitrogens is 4. The highest BCUT2D eigenvalue weighted by Gasteiger charge is 2.25. The van der Waals surface area contributed by atoms with Gasteiger partial charge in [0.25, 0.3) is 5.56 Å². The van der Waals surface area contributed by atoms with Crippen molar-refractivity contribution in [3.05, 3.63) is 91.6 Å². The SMILES string of the molecule is Cc1ccc(C)c(Cn2c(N3CCN(Cc4ccccc4)CC3)nc3c2c(=O)[nH]c(=O)n3C)c1. The zero-order chi connectivity index (χ0) is 23.8. The highest BCUT2D eigenvalue weighted by molar-refractivity contribution is 5.74. The number of aryl methyl sites for hydroxylation is 3. The second-order valence-corrected chi connectivity index (χ2v) is 9.17. The summed E-state index contributed by atoms with van der Waals surface area (Å²) in [7, 11) is 1.65. The van der Waals surface area contributed by atoms with E-state index in [4.69, 9.17) is 4.98 Å². The van der Waals surface area contributed by atoms with Gasteiger partial charge in [0.05, 0.1) is 6.54 Å². The molecular weight excluding hydrogens is 428 g/mol. The van der Waals surface area contributed by atoms with Crippen molar-refractivity contribution < 1.29 is 0 Å². The van der Waals surface area contributed by atoms with Crippen molar-refractivity contribution in [1.29, 1.82) is 0 Å². The smallest absolute Gasteiger partial charge is 0.329 e. The minimum Gasteiger partial charge on any atom is -0.340 e. The first kappa shape index (κ1) is 22.2. The van der Waals surface area contributed by atoms with E-state index in [1.165, 1.54) is 15.7 Å². The van der Waals surface area contributed by atoms with Gasteiger partial charge in [-0.1, -0.05) is 54.1 Å². The van der Waals surface area contributed by atoms with Crippen LogP contribution >= 0.6 is 0 Å². The molecule has 0 unspecified atom stereocenters. The maximum absolute atomic E-state index is 12.9. The van der Waals surface area contributed by atoms with Gasteiger partial charge in [-0.05, 0) is 30.5 Å². The monoisotopic (exact) mass is 458 g/mol. The molecule has 0 bridgehead atoms. The van der Waals surface area contributed by atoms with Crippen LogP contribution in [0.5, 0.6) is 0 Å². The molecule has 1 aliphatic rings. The standard InChI is InChI=1S/C26H30N6O2/c1-18-9-10-19(2)21(15-18)17-32-22-23(29(3)26(34)28-24(22)33)27-25(32)31-13-11-30(12-14-31)16-20-7-5-4-6-8-20/h4-10,15H,11-14,16-17H2,1-3H3,(H,28,33,34). The Morgan fingerprint density at radius 1 is 0.941 bits per heavy atom. The number of rotatable bonds is 5. The summed E-state index contributed by atoms with van der Waals surface area (Å²) < 4.78 is 3.40. The summed E-state index contributed by atoms with van der Waals surface area (Å²) in [6.45, 7) is 8.98. The van der Waals surface area contributed by atoms with Gasteiger partial charge < -0.3 is 4.90 Å². The lowest BCUT2D eigenvalue weighted by molar-refractivity contribution is 0.248. The van der Waals surface area contributed by atoms with Crippen LogP contribution in [0.4, 0.5) is 5.95 Å². The molecular formula is C26H30N6O2. The largest absolute Gasteiger partial charge is 0.340 e. The summed E-state index contributed by atoms with van der Waals surface area (Å²) in [5, 5.41) is 0. The Labute approximate surface area is 198 Å². The van der Waals surface area contributed by atoms with E-state index in [9.17, 15) is 9.59 Å². The van der Waals surface area contributed by atoms with Gasteiger partial charge in [-0.15, -0.1) is 0 Å². The lowest BCUT2D eigenvalue weighted by Crippen LogP contribution is -2.47. The third-order valence-electron chi connectivity index (χ3n) is 6.72. The van der Waals surface area contributed by atoms with Crippen LogP contribution in [0.15, 0.2) is 58.1 Å². The molecule has 4 aromatic rings. The molecule has 2 aromatic heterocycles. The molecule has 1 aliphatic heterocycles. The second-order valence-electron chi connectivity index (χ2n) is 9.17. The fourth-order valence-corrected chi connectivity index (χ4v) is 4.70. The van der Waals surface area contributed by atoms with E-state index in [0.717, 1.165) is 49.8 Å². The number of hydrogen-bond donors (Lipinski definition) is 1. The highest BCUT2D eigenvalue weighted by Crippen LogP contribution is 2.24. The first-order valence-corrected chi connectivity index (χ1v) is 11.7. The summed E-state index contributed by atoms with van der Waals surface area (Å²) in [5.74, 6) is 0.738. The molecule has 1 saturated heterocycles. The highest BCUT2D eigenvalue weighted by atomic mass is 16.2. The number of anilines is 1. The number of hydrogen-bond acceptors (Lipinski definition) is 5. The minimum atomic E-state index is -0.451. The average Bonchev–Trinajstić information content (AvgIpc) is 3.21. The van der Waals surface area contributed by atoms with Crippen LogP contribution < -0.4 is 16.1 Å². The van der Waals surface area contributed by atoms with Gasteiger partial charge in [-0.25, -0.2) is 4.79 Å². The van der Waals surface area contributed by atoms with E-state index in [2.05, 4.69) is 71.1 Å². The Bertz CT molecular complexity index is 1440. The van der Waals surface area contributed by atoms with Crippen molar-refractivity contribution >= 4 is 17.1 Å². The Morgan fingerprint density at radius 2 is 1.68 bits per heavy atom. The molecule has 0 aliphatic carbocycles. The minimum absolute atomic E-state index is 0.398. The maximum atomic E-state index is 12.9. The van der Waals surface area contributed by atoms with Crippen LogP contribution in [-0.2, 0) is 20.1 Å². The number of H-pyrrole nitrogens is 1. The normalized spacial score (nSPS) is 14.7. The average molecular weight is 459 g/mol. The third kappa shape index (κ3) is 4.17. The van der Waals surface area contributed by atoms with Crippen molar-refractivity contribution in [1.82, 2.24) is 24.0 Å². The molecule has 0 spiro atoms. The van der Waals surface area contributed by atoms with Gasteiger partial charge in [0.15, 0.2) is 11.2 Å². The Hall–Kier alpha value is -3.65. The van der Waals surface area contributed by atoms with Crippen molar-refractivity contribution in [2.45, 2.75) is 26.9 Å². The van der Waals surface area contributed by atoms with E-state index in [0.29, 0.717) is 17.7 Å². The summed E-state index contributed by atoms with van der Waals surface area (Å²) in [5.41, 5.74) is 4.77. The lowest BCUT2D eigenvalue weighted by atomic mass is 10.1. The van der Waals surface area contributed by atoms with Crippen molar-refractivity contribution in [2.24, 2.45) is 7.05 Å². The van der Waals surface area contributed by atoms with Gasteiger partial charge in [-0.3, -0.25) is 23.8 Å². The molecule has 2 aromatic carbocycles. The molecule has 8 heteroatoms. The number of piperazine rings is 1. The summed E-state index contributed by atoms with van der Waals surface area (Å²) in [4.78, 5) is 37.1. The number of nitrogens with zero attached hydrogens (tertiary/aromatic N) is 5. The molecule has 1 fully saturated rings. The molecule has 0 radical (unpaired) electrons. The van der Waals surface area contributed by atoms with Crippen molar-refractivity contribution in [2.75, 3.05) is 31.1 Å². The first-order valence-electron chi connectivity index (χ1n) is 11.7. The van der Waals surface area contributed by atoms with Gasteiger partial charge in [-0.2, -0.15) is 4.98 Å². The van der Waals surface area contributed by atoms with Gasteiger partial charge in [0, 0.05) is 39.8 Å². The molecule has 3 heterocycles. The summed E-state index contributed by atoms with van der Waals surface area (Å²) in [6, 6.07) is 16.8. The Balaban J connectivity index is 1.50. The second kappa shape index (κ2) is 8.95. The molecule has 1 N–H and O–H groups in total. The predicted molar refractivity (Wildman–Crippen MR) is 135 cm³/mol. The van der Waals surface area contributed by atoms with Crippen molar-refractivity contribution in [3.8, 4) is 0 Å². The van der Waals surface area contributed by atoms with Gasteiger partial charge in [0.1, 0.15) is 0 Å². The van der Waals surface area contributed by atoms with E-state index >= 15 is 0 Å². The Morgan fingerprint density at radius 3 is 2.41 bits per heavy atom. The topological polar surface area (TPSA) is 79.2 Å². The molecule has 0 atom stereocenters. The van der Waals surface area contributed by atoms with E-state index in [1.807, 2.05) is 10.6 Å². The van der Waals surface area contributed by atoms with Crippen LogP contribution in [0.3, 0.4) is 0 Å². The summed E-state index contributed by atoms with van der Waals surface area (Å²) in [6.07, 6.45) is 0. The molecule has 0 amide bonds. The van der Waals surface area contributed by atoms with Crippen LogP contribution in [0.2, 0.25) is 0 Å². The van der Waals surface area contributed by atoms with Crippen molar-refractivity contribution in [3.63, 3.8) is 0 Å². The predicted octanol–water partition coefficient (Wildman–Crippen LogP) is 2.41. The van der Waals surface area contributed by atoms with E-state index in [1.54, 1.807) is 7.05 Å². The van der Waals surface area contributed by atoms with Gasteiger partial charge >= 0.3 is 5.69 Å².